The summed E-state index contributed by atoms with van der Waals surface area (Å²) < 4.78 is 10.6. The highest BCUT2D eigenvalue weighted by Crippen LogP contribution is 2.22. The number of benzene rings is 2. The predicted molar refractivity (Wildman–Crippen MR) is 117 cm³/mol. The molecule has 1 amide bonds. The van der Waals surface area contributed by atoms with Crippen LogP contribution in [0.4, 0.5) is 11.4 Å². The first-order valence-corrected chi connectivity index (χ1v) is 10.2. The van der Waals surface area contributed by atoms with Crippen molar-refractivity contribution in [1.29, 1.82) is 0 Å². The summed E-state index contributed by atoms with van der Waals surface area (Å²) in [6.45, 7) is 3.78. The Morgan fingerprint density at radius 1 is 1.03 bits per heavy atom. The van der Waals surface area contributed by atoms with Crippen LogP contribution in [0.2, 0.25) is 0 Å². The maximum atomic E-state index is 12.4. The monoisotopic (exact) mass is 411 g/mol. The van der Waals surface area contributed by atoms with E-state index < -0.39 is 11.5 Å². The Hall–Kier alpha value is -3.06. The molecule has 1 unspecified atom stereocenters. The van der Waals surface area contributed by atoms with Crippen LogP contribution < -0.4 is 20.3 Å². The van der Waals surface area contributed by atoms with Gasteiger partial charge in [0.2, 0.25) is 5.91 Å². The average Bonchev–Trinajstić information content (AvgIpc) is 3.32. The molecule has 3 rings (SSSR count). The van der Waals surface area contributed by atoms with Crippen LogP contribution in [0.1, 0.15) is 19.8 Å². The Labute approximate surface area is 177 Å². The topological polar surface area (TPSA) is 79.9 Å². The van der Waals surface area contributed by atoms with Gasteiger partial charge in [0.1, 0.15) is 17.9 Å². The molecule has 1 heterocycles. The Bertz CT molecular complexity index is 835. The van der Waals surface area contributed by atoms with E-state index in [1.165, 1.54) is 25.6 Å². The standard InChI is InChI=1S/C23H29N3O4/c1-23(22(28)29-2,17-30-20-8-4-3-5-9-20)24-16-21(27)25-18-10-12-19(13-11-18)26-14-6-7-15-26/h3-5,8-13,24H,6-7,14-17H2,1-2H3,(H,25,27). The molecule has 0 bridgehead atoms. The Morgan fingerprint density at radius 3 is 2.33 bits per heavy atom. The number of anilines is 2. The van der Waals surface area contributed by atoms with Crippen LogP contribution in [-0.2, 0) is 14.3 Å². The summed E-state index contributed by atoms with van der Waals surface area (Å²) in [5.74, 6) is -0.114. The molecule has 0 saturated carbocycles. The summed E-state index contributed by atoms with van der Waals surface area (Å²) in [6.07, 6.45) is 2.44. The lowest BCUT2D eigenvalue weighted by Crippen LogP contribution is -2.56. The van der Waals surface area contributed by atoms with Crippen molar-refractivity contribution >= 4 is 23.3 Å². The molecule has 1 aliphatic heterocycles. The molecule has 1 atom stereocenters. The van der Waals surface area contributed by atoms with Gasteiger partial charge in [0.15, 0.2) is 0 Å². The van der Waals surface area contributed by atoms with Crippen LogP contribution in [0, 0.1) is 0 Å². The van der Waals surface area contributed by atoms with E-state index in [0.717, 1.165) is 13.1 Å². The molecule has 2 N–H and O–H groups in total. The van der Waals surface area contributed by atoms with Crippen LogP contribution in [0.15, 0.2) is 54.6 Å². The van der Waals surface area contributed by atoms with Crippen LogP contribution in [0.3, 0.4) is 0 Å². The second kappa shape index (κ2) is 10.1. The molecule has 1 aliphatic rings. The van der Waals surface area contributed by atoms with E-state index in [1.807, 2.05) is 42.5 Å². The number of nitrogens with one attached hydrogen (secondary N) is 2. The normalized spacial score (nSPS) is 15.3. The molecular formula is C23H29N3O4. The summed E-state index contributed by atoms with van der Waals surface area (Å²) in [5.41, 5.74) is 0.714. The maximum Gasteiger partial charge on any atom is 0.329 e. The first-order valence-electron chi connectivity index (χ1n) is 10.2. The SMILES string of the molecule is COC(=O)C(C)(COc1ccccc1)NCC(=O)Nc1ccc(N2CCCC2)cc1. The van der Waals surface area contributed by atoms with Crippen molar-refractivity contribution in [3.05, 3.63) is 54.6 Å². The van der Waals surface area contributed by atoms with Crippen molar-refractivity contribution < 1.29 is 19.1 Å². The van der Waals surface area contributed by atoms with E-state index >= 15 is 0 Å². The van der Waals surface area contributed by atoms with Gasteiger partial charge in [-0.1, -0.05) is 18.2 Å². The van der Waals surface area contributed by atoms with Gasteiger partial charge in [-0.05, 0) is 56.2 Å². The van der Waals surface area contributed by atoms with Gasteiger partial charge in [-0.2, -0.15) is 0 Å². The largest absolute Gasteiger partial charge is 0.491 e. The van der Waals surface area contributed by atoms with Crippen LogP contribution >= 0.6 is 0 Å². The van der Waals surface area contributed by atoms with Crippen LogP contribution in [-0.4, -0.2) is 50.8 Å². The molecule has 7 heteroatoms. The second-order valence-electron chi connectivity index (χ2n) is 7.57. The molecular weight excluding hydrogens is 382 g/mol. The third-order valence-electron chi connectivity index (χ3n) is 5.17. The van der Waals surface area contributed by atoms with E-state index in [1.54, 1.807) is 19.1 Å². The van der Waals surface area contributed by atoms with Crippen molar-refractivity contribution in [1.82, 2.24) is 5.32 Å². The fourth-order valence-electron chi connectivity index (χ4n) is 3.36. The van der Waals surface area contributed by atoms with Crippen molar-refractivity contribution in [3.8, 4) is 5.75 Å². The summed E-state index contributed by atoms with van der Waals surface area (Å²) in [4.78, 5) is 27.0. The number of hydrogen-bond donors (Lipinski definition) is 2. The third-order valence-corrected chi connectivity index (χ3v) is 5.17. The molecule has 0 spiro atoms. The Morgan fingerprint density at radius 2 is 1.70 bits per heavy atom. The lowest BCUT2D eigenvalue weighted by molar-refractivity contribution is -0.149. The minimum absolute atomic E-state index is 0.0293. The molecule has 160 valence electrons. The first-order chi connectivity index (χ1) is 14.5. The molecule has 0 radical (unpaired) electrons. The van der Waals surface area contributed by atoms with Crippen LogP contribution in [0.25, 0.3) is 0 Å². The minimum atomic E-state index is -1.17. The average molecular weight is 412 g/mol. The molecule has 2 aromatic rings. The predicted octanol–water partition coefficient (Wildman–Crippen LogP) is 2.83. The summed E-state index contributed by atoms with van der Waals surface area (Å²) in [6, 6.07) is 17.0. The number of hydrogen-bond acceptors (Lipinski definition) is 6. The van der Waals surface area contributed by atoms with Gasteiger partial charge in [-0.25, -0.2) is 4.79 Å². The fourth-order valence-corrected chi connectivity index (χ4v) is 3.36. The van der Waals surface area contributed by atoms with E-state index in [2.05, 4.69) is 15.5 Å². The number of rotatable bonds is 9. The number of carbonyl (C=O) groups excluding carboxylic acids is 2. The van der Waals surface area contributed by atoms with Crippen molar-refractivity contribution in [2.24, 2.45) is 0 Å². The highest BCUT2D eigenvalue weighted by Gasteiger charge is 2.35. The number of methoxy groups -OCH3 is 1. The lowest BCUT2D eigenvalue weighted by Gasteiger charge is -2.27. The van der Waals surface area contributed by atoms with Gasteiger partial charge >= 0.3 is 5.97 Å². The number of amides is 1. The van der Waals surface area contributed by atoms with E-state index in [4.69, 9.17) is 9.47 Å². The van der Waals surface area contributed by atoms with Crippen molar-refractivity contribution in [3.63, 3.8) is 0 Å². The van der Waals surface area contributed by atoms with E-state index in [9.17, 15) is 9.59 Å². The van der Waals surface area contributed by atoms with Gasteiger partial charge in [0, 0.05) is 24.5 Å². The molecule has 7 nitrogen and oxygen atoms in total. The van der Waals surface area contributed by atoms with Gasteiger partial charge in [0.25, 0.3) is 0 Å². The summed E-state index contributed by atoms with van der Waals surface area (Å²) in [7, 11) is 1.31. The second-order valence-corrected chi connectivity index (χ2v) is 7.57. The zero-order chi connectivity index (χ0) is 21.4. The number of nitrogens with zero attached hydrogens (tertiary/aromatic N) is 1. The zero-order valence-corrected chi connectivity index (χ0v) is 17.5. The van der Waals surface area contributed by atoms with Gasteiger partial charge in [-0.3, -0.25) is 10.1 Å². The van der Waals surface area contributed by atoms with Gasteiger partial charge in [-0.15, -0.1) is 0 Å². The Balaban J connectivity index is 1.53. The zero-order valence-electron chi connectivity index (χ0n) is 17.5. The molecule has 30 heavy (non-hydrogen) atoms. The van der Waals surface area contributed by atoms with Crippen molar-refractivity contribution in [2.75, 3.05) is 43.6 Å². The molecule has 1 fully saturated rings. The first kappa shape index (κ1) is 21.6. The lowest BCUT2D eigenvalue weighted by atomic mass is 10.0. The Kier molecular flexibility index (Phi) is 7.30. The highest BCUT2D eigenvalue weighted by atomic mass is 16.5. The number of para-hydroxylation sites is 1. The molecule has 0 aromatic heterocycles. The van der Waals surface area contributed by atoms with Gasteiger partial charge < -0.3 is 19.7 Å². The van der Waals surface area contributed by atoms with Crippen molar-refractivity contribution in [2.45, 2.75) is 25.3 Å². The molecule has 0 aliphatic carbocycles. The summed E-state index contributed by atoms with van der Waals surface area (Å²) in [5, 5.41) is 5.82. The molecule has 2 aromatic carbocycles. The maximum absolute atomic E-state index is 12.4. The molecule has 1 saturated heterocycles. The van der Waals surface area contributed by atoms with Gasteiger partial charge in [0.05, 0.1) is 13.7 Å². The fraction of sp³-hybridized carbons (Fsp3) is 0.391. The number of ether oxygens (including phenoxy) is 2. The third kappa shape index (κ3) is 5.73. The van der Waals surface area contributed by atoms with Crippen LogP contribution in [0.5, 0.6) is 5.75 Å². The number of carbonyl (C=O) groups is 2. The minimum Gasteiger partial charge on any atom is -0.491 e. The highest BCUT2D eigenvalue weighted by molar-refractivity contribution is 5.93. The van der Waals surface area contributed by atoms with E-state index in [0.29, 0.717) is 11.4 Å². The smallest absolute Gasteiger partial charge is 0.329 e. The number of esters is 1. The van der Waals surface area contributed by atoms with E-state index in [-0.39, 0.29) is 19.1 Å². The summed E-state index contributed by atoms with van der Waals surface area (Å²) >= 11 is 0. The quantitative estimate of drug-likeness (QED) is 0.618.